The maximum atomic E-state index is 5.12. The fourth-order valence-corrected chi connectivity index (χ4v) is 4.71. The Morgan fingerprint density at radius 3 is 2.12 bits per heavy atom. The van der Waals surface area contributed by atoms with Gasteiger partial charge in [-0.1, -0.05) is 78.9 Å². The van der Waals surface area contributed by atoms with Crippen LogP contribution in [0.2, 0.25) is 0 Å². The summed E-state index contributed by atoms with van der Waals surface area (Å²) in [6, 6.07) is 37.7. The van der Waals surface area contributed by atoms with Crippen molar-refractivity contribution in [2.45, 2.75) is 0 Å². The maximum Gasteiger partial charge on any atom is 0.237 e. The standard InChI is InChI=1S/C28H18N4/c1-2-10-19(11-3-1)27-21-13-5-6-14-22(21)29-28(30-27)32-25-17-9-8-16-24(25)31-23-15-7-4-12-20(23)18-26(31)32/h1-18H. The van der Waals surface area contributed by atoms with Crippen molar-refractivity contribution in [1.82, 2.24) is 18.9 Å². The number of fused-ring (bicyclic) bond motifs is 6. The molecule has 4 heteroatoms. The highest BCUT2D eigenvalue weighted by Gasteiger charge is 2.18. The van der Waals surface area contributed by atoms with Crippen molar-refractivity contribution in [3.63, 3.8) is 0 Å². The summed E-state index contributed by atoms with van der Waals surface area (Å²) < 4.78 is 4.47. The lowest BCUT2D eigenvalue weighted by Crippen LogP contribution is -2.03. The quantitative estimate of drug-likeness (QED) is 0.320. The lowest BCUT2D eigenvalue weighted by atomic mass is 10.1. The molecule has 7 rings (SSSR count). The number of para-hydroxylation sites is 4. The topological polar surface area (TPSA) is 35.1 Å². The number of imidazole rings is 1. The molecular weight excluding hydrogens is 392 g/mol. The third-order valence-corrected chi connectivity index (χ3v) is 6.12. The minimum atomic E-state index is 0.677. The summed E-state index contributed by atoms with van der Waals surface area (Å²) in [5, 5.41) is 2.25. The van der Waals surface area contributed by atoms with Gasteiger partial charge in [-0.3, -0.25) is 8.97 Å². The first-order valence-electron chi connectivity index (χ1n) is 10.7. The molecule has 0 fully saturated rings. The summed E-state index contributed by atoms with van der Waals surface area (Å²) >= 11 is 0. The van der Waals surface area contributed by atoms with Crippen LogP contribution < -0.4 is 0 Å². The average molecular weight is 410 g/mol. The van der Waals surface area contributed by atoms with Crippen LogP contribution in [0.4, 0.5) is 0 Å². The predicted molar refractivity (Wildman–Crippen MR) is 130 cm³/mol. The van der Waals surface area contributed by atoms with E-state index < -0.39 is 0 Å². The van der Waals surface area contributed by atoms with Gasteiger partial charge in [0.15, 0.2) is 0 Å². The molecule has 150 valence electrons. The highest BCUT2D eigenvalue weighted by molar-refractivity contribution is 5.97. The van der Waals surface area contributed by atoms with Gasteiger partial charge in [-0.2, -0.15) is 0 Å². The Morgan fingerprint density at radius 1 is 0.562 bits per heavy atom. The molecule has 32 heavy (non-hydrogen) atoms. The third-order valence-electron chi connectivity index (χ3n) is 6.12. The summed E-state index contributed by atoms with van der Waals surface area (Å²) in [6.07, 6.45) is 0. The molecule has 0 amide bonds. The van der Waals surface area contributed by atoms with E-state index in [-0.39, 0.29) is 0 Å². The second-order valence-corrected chi connectivity index (χ2v) is 7.98. The van der Waals surface area contributed by atoms with Crippen LogP contribution in [-0.4, -0.2) is 18.9 Å². The molecule has 0 aliphatic carbocycles. The number of benzene rings is 4. The maximum absolute atomic E-state index is 5.12. The van der Waals surface area contributed by atoms with Gasteiger partial charge in [0.2, 0.25) is 5.95 Å². The van der Waals surface area contributed by atoms with Crippen molar-refractivity contribution < 1.29 is 0 Å². The second-order valence-electron chi connectivity index (χ2n) is 7.98. The van der Waals surface area contributed by atoms with Crippen LogP contribution in [0.15, 0.2) is 109 Å². The molecule has 0 N–H and O–H groups in total. The van der Waals surface area contributed by atoms with Gasteiger partial charge in [0.1, 0.15) is 5.65 Å². The van der Waals surface area contributed by atoms with Gasteiger partial charge in [-0.05, 0) is 30.3 Å². The summed E-state index contributed by atoms with van der Waals surface area (Å²) in [5.74, 6) is 0.677. The molecule has 7 aromatic rings. The van der Waals surface area contributed by atoms with Crippen LogP contribution in [0, 0.1) is 0 Å². The first kappa shape index (κ1) is 17.3. The van der Waals surface area contributed by atoms with Crippen LogP contribution in [0.25, 0.3) is 55.7 Å². The molecule has 4 nitrogen and oxygen atoms in total. The zero-order chi connectivity index (χ0) is 21.1. The van der Waals surface area contributed by atoms with E-state index in [2.05, 4.69) is 100.0 Å². The van der Waals surface area contributed by atoms with Gasteiger partial charge >= 0.3 is 0 Å². The highest BCUT2D eigenvalue weighted by atomic mass is 15.2. The van der Waals surface area contributed by atoms with E-state index in [1.807, 2.05) is 18.2 Å². The van der Waals surface area contributed by atoms with Crippen molar-refractivity contribution in [1.29, 1.82) is 0 Å². The van der Waals surface area contributed by atoms with Crippen LogP contribution in [0.3, 0.4) is 0 Å². The van der Waals surface area contributed by atoms with E-state index in [1.54, 1.807) is 0 Å². The average Bonchev–Trinajstić information content (AvgIpc) is 3.38. The Morgan fingerprint density at radius 2 is 1.25 bits per heavy atom. The fourth-order valence-electron chi connectivity index (χ4n) is 4.71. The molecule has 0 atom stereocenters. The van der Waals surface area contributed by atoms with Crippen LogP contribution in [-0.2, 0) is 0 Å². The van der Waals surface area contributed by atoms with Gasteiger partial charge in [-0.25, -0.2) is 9.97 Å². The number of nitrogens with zero attached hydrogens (tertiary/aromatic N) is 4. The van der Waals surface area contributed by atoms with Crippen molar-refractivity contribution >= 4 is 38.5 Å². The Labute approximate surface area is 184 Å². The van der Waals surface area contributed by atoms with Gasteiger partial charge < -0.3 is 0 Å². The fraction of sp³-hybridized carbons (Fsp3) is 0. The number of hydrogen-bond donors (Lipinski definition) is 0. The number of rotatable bonds is 2. The molecule has 3 aromatic heterocycles. The Kier molecular flexibility index (Phi) is 3.52. The molecule has 0 unspecified atom stereocenters. The van der Waals surface area contributed by atoms with Crippen LogP contribution in [0.5, 0.6) is 0 Å². The van der Waals surface area contributed by atoms with Crippen molar-refractivity contribution in [2.75, 3.05) is 0 Å². The Balaban J connectivity index is 1.64. The Hall–Kier alpha value is -4.44. The van der Waals surface area contributed by atoms with Crippen molar-refractivity contribution in [3.8, 4) is 17.2 Å². The molecule has 3 heterocycles. The molecule has 0 saturated heterocycles. The highest BCUT2D eigenvalue weighted by Crippen LogP contribution is 2.32. The Bertz CT molecular complexity index is 1770. The summed E-state index contributed by atoms with van der Waals surface area (Å²) in [7, 11) is 0. The van der Waals surface area contributed by atoms with E-state index in [9.17, 15) is 0 Å². The van der Waals surface area contributed by atoms with Crippen molar-refractivity contribution in [2.24, 2.45) is 0 Å². The molecule has 0 aliphatic rings. The molecule has 0 spiro atoms. The first-order valence-corrected chi connectivity index (χ1v) is 10.7. The van der Waals surface area contributed by atoms with Gasteiger partial charge in [0, 0.05) is 16.3 Å². The molecule has 0 aliphatic heterocycles. The monoisotopic (exact) mass is 410 g/mol. The smallest absolute Gasteiger partial charge is 0.237 e. The number of hydrogen-bond acceptors (Lipinski definition) is 2. The van der Waals surface area contributed by atoms with Crippen molar-refractivity contribution in [3.05, 3.63) is 109 Å². The predicted octanol–water partition coefficient (Wildman–Crippen LogP) is 6.65. The molecule has 4 aromatic carbocycles. The third kappa shape index (κ3) is 2.38. The summed E-state index contributed by atoms with van der Waals surface area (Å²) in [5.41, 5.74) is 7.43. The van der Waals surface area contributed by atoms with Gasteiger partial charge in [0.05, 0.1) is 27.8 Å². The normalized spacial score (nSPS) is 11.8. The molecule has 0 saturated carbocycles. The lowest BCUT2D eigenvalue weighted by Gasteiger charge is -2.10. The molecule has 0 radical (unpaired) electrons. The molecular formula is C28H18N4. The van der Waals surface area contributed by atoms with E-state index >= 15 is 0 Å². The minimum Gasteiger partial charge on any atom is -0.293 e. The summed E-state index contributed by atoms with van der Waals surface area (Å²) in [4.78, 5) is 10.1. The summed E-state index contributed by atoms with van der Waals surface area (Å²) in [6.45, 7) is 0. The van der Waals surface area contributed by atoms with E-state index in [0.717, 1.165) is 38.8 Å². The van der Waals surface area contributed by atoms with Gasteiger partial charge in [0.25, 0.3) is 0 Å². The van der Waals surface area contributed by atoms with E-state index in [1.165, 1.54) is 10.9 Å². The van der Waals surface area contributed by atoms with Crippen LogP contribution >= 0.6 is 0 Å². The zero-order valence-corrected chi connectivity index (χ0v) is 17.2. The zero-order valence-electron chi connectivity index (χ0n) is 17.2. The SMILES string of the molecule is c1ccc(-c2nc(-n3c4ccccc4n4c5ccccc5cc34)nc3ccccc23)cc1. The second kappa shape index (κ2) is 6.53. The van der Waals surface area contributed by atoms with Crippen LogP contribution in [0.1, 0.15) is 0 Å². The largest absolute Gasteiger partial charge is 0.293 e. The van der Waals surface area contributed by atoms with E-state index in [4.69, 9.17) is 9.97 Å². The first-order chi connectivity index (χ1) is 15.9. The van der Waals surface area contributed by atoms with Gasteiger partial charge in [-0.15, -0.1) is 0 Å². The minimum absolute atomic E-state index is 0.677. The number of aromatic nitrogens is 4. The molecule has 0 bridgehead atoms. The lowest BCUT2D eigenvalue weighted by molar-refractivity contribution is 1.00. The van der Waals surface area contributed by atoms with E-state index in [0.29, 0.717) is 5.95 Å².